The van der Waals surface area contributed by atoms with Crippen LogP contribution in [0.3, 0.4) is 0 Å². The molecule has 27 heavy (non-hydrogen) atoms. The van der Waals surface area contributed by atoms with Crippen molar-refractivity contribution < 1.29 is 13.6 Å². The summed E-state index contributed by atoms with van der Waals surface area (Å²) in [5.74, 6) is -0.691. The van der Waals surface area contributed by atoms with Gasteiger partial charge in [-0.2, -0.15) is 5.10 Å². The number of nitrogens with zero attached hydrogens (tertiary/aromatic N) is 3. The van der Waals surface area contributed by atoms with Crippen molar-refractivity contribution in [3.8, 4) is 0 Å². The minimum absolute atomic E-state index is 0.0664. The van der Waals surface area contributed by atoms with Crippen LogP contribution >= 0.6 is 0 Å². The molecule has 1 atom stereocenters. The molecule has 0 radical (unpaired) electrons. The quantitative estimate of drug-likeness (QED) is 0.823. The lowest BCUT2D eigenvalue weighted by atomic mass is 9.98. The predicted octanol–water partition coefficient (Wildman–Crippen LogP) is 3.74. The third-order valence-corrected chi connectivity index (χ3v) is 5.16. The summed E-state index contributed by atoms with van der Waals surface area (Å²) >= 11 is 0. The van der Waals surface area contributed by atoms with E-state index in [2.05, 4.69) is 10.0 Å². The Kier molecular flexibility index (Phi) is 4.99. The average molecular weight is 369 g/mol. The number of halogens is 2. The van der Waals surface area contributed by atoms with Gasteiger partial charge in [0, 0.05) is 6.42 Å². The van der Waals surface area contributed by atoms with Gasteiger partial charge in [0.05, 0.1) is 18.3 Å². The molecule has 1 amide bonds. The molecule has 0 aliphatic carbocycles. The summed E-state index contributed by atoms with van der Waals surface area (Å²) in [5.41, 5.74) is 2.37. The second-order valence-corrected chi connectivity index (χ2v) is 7.05. The van der Waals surface area contributed by atoms with Crippen molar-refractivity contribution in [2.24, 2.45) is 5.10 Å². The Morgan fingerprint density at radius 2 is 1.56 bits per heavy atom. The standard InChI is InChI=1S/C21H21F2N3O/c22-17-7-3-15(4-8-17)19-13-20(16-5-9-18(23)10-6-16)26(24-19)21(27)14-25-11-1-2-12-25/h3-10,20H,1-2,11-14H2/t20-/m0/s1. The van der Waals surface area contributed by atoms with Gasteiger partial charge in [0.1, 0.15) is 11.6 Å². The Balaban J connectivity index is 1.61. The van der Waals surface area contributed by atoms with E-state index in [4.69, 9.17) is 0 Å². The molecule has 4 rings (SSSR count). The molecule has 4 nitrogen and oxygen atoms in total. The lowest BCUT2D eigenvalue weighted by Gasteiger charge is -2.24. The number of benzene rings is 2. The van der Waals surface area contributed by atoms with Crippen LogP contribution in [0, 0.1) is 11.6 Å². The zero-order valence-electron chi connectivity index (χ0n) is 14.9. The maximum atomic E-state index is 13.3. The molecule has 0 N–H and O–H groups in total. The average Bonchev–Trinajstić information content (AvgIpc) is 3.33. The molecule has 6 heteroatoms. The van der Waals surface area contributed by atoms with Crippen LogP contribution in [0.25, 0.3) is 0 Å². The molecule has 1 saturated heterocycles. The number of rotatable bonds is 4. The first-order valence-corrected chi connectivity index (χ1v) is 9.23. The van der Waals surface area contributed by atoms with E-state index < -0.39 is 0 Å². The molecular weight excluding hydrogens is 348 g/mol. The first-order valence-electron chi connectivity index (χ1n) is 9.23. The Morgan fingerprint density at radius 3 is 2.19 bits per heavy atom. The van der Waals surface area contributed by atoms with Gasteiger partial charge in [0.2, 0.25) is 0 Å². The molecule has 1 fully saturated rings. The lowest BCUT2D eigenvalue weighted by Crippen LogP contribution is -2.36. The fourth-order valence-electron chi connectivity index (χ4n) is 3.71. The molecule has 0 saturated carbocycles. The Bertz CT molecular complexity index is 843. The third kappa shape index (κ3) is 3.90. The van der Waals surface area contributed by atoms with Gasteiger partial charge in [-0.1, -0.05) is 24.3 Å². The SMILES string of the molecule is O=C(CN1CCCC1)N1N=C(c2ccc(F)cc2)C[C@H]1c1ccc(F)cc1. The van der Waals surface area contributed by atoms with E-state index >= 15 is 0 Å². The summed E-state index contributed by atoms with van der Waals surface area (Å²) < 4.78 is 26.6. The van der Waals surface area contributed by atoms with Crippen LogP contribution in [-0.4, -0.2) is 41.2 Å². The molecule has 2 aromatic rings. The molecule has 0 spiro atoms. The fraction of sp³-hybridized carbons (Fsp3) is 0.333. The van der Waals surface area contributed by atoms with Crippen LogP contribution in [-0.2, 0) is 4.79 Å². The van der Waals surface area contributed by atoms with Gasteiger partial charge >= 0.3 is 0 Å². The Hall–Kier alpha value is -2.60. The zero-order chi connectivity index (χ0) is 18.8. The van der Waals surface area contributed by atoms with Crippen LogP contribution in [0.1, 0.15) is 36.4 Å². The van der Waals surface area contributed by atoms with Crippen molar-refractivity contribution >= 4 is 11.6 Å². The number of carbonyl (C=O) groups is 1. The molecule has 0 unspecified atom stereocenters. The van der Waals surface area contributed by atoms with Crippen LogP contribution in [0.15, 0.2) is 53.6 Å². The Morgan fingerprint density at radius 1 is 0.963 bits per heavy atom. The van der Waals surface area contributed by atoms with Crippen LogP contribution in [0.4, 0.5) is 8.78 Å². The number of amides is 1. The number of hydrogen-bond acceptors (Lipinski definition) is 3. The van der Waals surface area contributed by atoms with Gasteiger partial charge in [0.25, 0.3) is 5.91 Å². The molecular formula is C21H21F2N3O. The van der Waals surface area contributed by atoms with Gasteiger partial charge in [-0.25, -0.2) is 13.8 Å². The number of likely N-dealkylation sites (tertiary alicyclic amines) is 1. The topological polar surface area (TPSA) is 35.9 Å². The summed E-state index contributed by atoms with van der Waals surface area (Å²) in [5, 5.41) is 6.09. The van der Waals surface area contributed by atoms with Crippen LogP contribution in [0.2, 0.25) is 0 Å². The summed E-state index contributed by atoms with van der Waals surface area (Å²) in [6, 6.07) is 12.0. The van der Waals surface area contributed by atoms with Gasteiger partial charge in [-0.05, 0) is 61.3 Å². The van der Waals surface area contributed by atoms with E-state index in [9.17, 15) is 13.6 Å². The highest BCUT2D eigenvalue weighted by Gasteiger charge is 2.34. The van der Waals surface area contributed by atoms with Gasteiger partial charge < -0.3 is 0 Å². The van der Waals surface area contributed by atoms with E-state index in [0.29, 0.717) is 13.0 Å². The summed E-state index contributed by atoms with van der Waals surface area (Å²) in [7, 11) is 0. The normalized spacial score (nSPS) is 20.1. The van der Waals surface area contributed by atoms with Crippen LogP contribution in [0.5, 0.6) is 0 Å². The second kappa shape index (κ2) is 7.56. The summed E-state index contributed by atoms with van der Waals surface area (Å²) in [4.78, 5) is 15.1. The molecule has 2 aromatic carbocycles. The number of carbonyl (C=O) groups excluding carboxylic acids is 1. The highest BCUT2D eigenvalue weighted by molar-refractivity contribution is 6.03. The molecule has 0 aromatic heterocycles. The fourth-order valence-corrected chi connectivity index (χ4v) is 3.71. The van der Waals surface area contributed by atoms with Gasteiger partial charge in [-0.15, -0.1) is 0 Å². The summed E-state index contributed by atoms with van der Waals surface area (Å²) in [6.45, 7) is 2.18. The predicted molar refractivity (Wildman–Crippen MR) is 99.2 cm³/mol. The largest absolute Gasteiger partial charge is 0.294 e. The second-order valence-electron chi connectivity index (χ2n) is 7.05. The lowest BCUT2D eigenvalue weighted by molar-refractivity contribution is -0.134. The molecule has 2 aliphatic heterocycles. The third-order valence-electron chi connectivity index (χ3n) is 5.16. The highest BCUT2D eigenvalue weighted by Crippen LogP contribution is 2.33. The van der Waals surface area contributed by atoms with Crippen molar-refractivity contribution in [2.75, 3.05) is 19.6 Å². The van der Waals surface area contributed by atoms with E-state index in [1.807, 2.05) is 0 Å². The zero-order valence-corrected chi connectivity index (χ0v) is 14.9. The molecule has 0 bridgehead atoms. The number of hydrogen-bond donors (Lipinski definition) is 0. The van der Waals surface area contributed by atoms with Crippen molar-refractivity contribution in [1.82, 2.24) is 9.91 Å². The van der Waals surface area contributed by atoms with Crippen molar-refractivity contribution in [3.63, 3.8) is 0 Å². The highest BCUT2D eigenvalue weighted by atomic mass is 19.1. The van der Waals surface area contributed by atoms with E-state index in [1.165, 1.54) is 29.3 Å². The van der Waals surface area contributed by atoms with E-state index in [0.717, 1.165) is 42.8 Å². The van der Waals surface area contributed by atoms with Gasteiger partial charge in [-0.3, -0.25) is 9.69 Å². The van der Waals surface area contributed by atoms with Crippen molar-refractivity contribution in [1.29, 1.82) is 0 Å². The van der Waals surface area contributed by atoms with Gasteiger partial charge in [0.15, 0.2) is 0 Å². The summed E-state index contributed by atoms with van der Waals surface area (Å²) in [6.07, 6.45) is 2.74. The monoisotopic (exact) mass is 369 g/mol. The van der Waals surface area contributed by atoms with E-state index in [1.54, 1.807) is 24.3 Å². The Labute approximate surface area is 157 Å². The molecule has 2 heterocycles. The van der Waals surface area contributed by atoms with Crippen molar-refractivity contribution in [2.45, 2.75) is 25.3 Å². The first-order chi connectivity index (χ1) is 13.1. The van der Waals surface area contributed by atoms with Crippen LogP contribution < -0.4 is 0 Å². The minimum atomic E-state index is -0.314. The van der Waals surface area contributed by atoms with Crippen molar-refractivity contribution in [3.05, 3.63) is 71.3 Å². The first kappa shape index (κ1) is 17.8. The number of hydrazone groups is 1. The maximum absolute atomic E-state index is 13.3. The maximum Gasteiger partial charge on any atom is 0.257 e. The minimum Gasteiger partial charge on any atom is -0.294 e. The smallest absolute Gasteiger partial charge is 0.257 e. The van der Waals surface area contributed by atoms with E-state index in [-0.39, 0.29) is 23.6 Å². The molecule has 2 aliphatic rings. The molecule has 140 valence electrons.